The fraction of sp³-hybridized carbons (Fsp3) is 0.857. The van der Waals surface area contributed by atoms with Gasteiger partial charge in [0.1, 0.15) is 0 Å². The van der Waals surface area contributed by atoms with Crippen molar-refractivity contribution < 1.29 is 0 Å². The predicted molar refractivity (Wildman–Crippen MR) is 79.1 cm³/mol. The maximum Gasteiger partial charge on any atom is 0.0203 e. The van der Waals surface area contributed by atoms with Crippen molar-refractivity contribution in [2.24, 2.45) is 0 Å². The SMILES string of the molecule is C=C(CNCC)CN1CCN(CCN(C)C)CC1. The number of hydrogen-bond donors (Lipinski definition) is 1. The van der Waals surface area contributed by atoms with Crippen LogP contribution in [-0.4, -0.2) is 87.7 Å². The molecule has 0 unspecified atom stereocenters. The molecule has 0 radical (unpaired) electrons. The summed E-state index contributed by atoms with van der Waals surface area (Å²) in [6, 6.07) is 0. The molecule has 1 saturated heterocycles. The first-order chi connectivity index (χ1) is 8.61. The van der Waals surface area contributed by atoms with Gasteiger partial charge in [-0.1, -0.05) is 13.5 Å². The van der Waals surface area contributed by atoms with Gasteiger partial charge >= 0.3 is 0 Å². The maximum atomic E-state index is 4.14. The van der Waals surface area contributed by atoms with Gasteiger partial charge in [-0.25, -0.2) is 0 Å². The molecule has 0 aliphatic carbocycles. The molecule has 0 aromatic rings. The summed E-state index contributed by atoms with van der Waals surface area (Å²) in [7, 11) is 4.28. The van der Waals surface area contributed by atoms with Crippen LogP contribution < -0.4 is 5.32 Å². The van der Waals surface area contributed by atoms with Gasteiger partial charge in [0.25, 0.3) is 0 Å². The molecule has 1 N–H and O–H groups in total. The van der Waals surface area contributed by atoms with Crippen LogP contribution in [0.4, 0.5) is 0 Å². The highest BCUT2D eigenvalue weighted by molar-refractivity contribution is 5.00. The van der Waals surface area contributed by atoms with E-state index in [0.717, 1.165) is 26.2 Å². The molecule has 106 valence electrons. The van der Waals surface area contributed by atoms with Crippen LogP contribution in [0.2, 0.25) is 0 Å². The van der Waals surface area contributed by atoms with Crippen molar-refractivity contribution in [3.8, 4) is 0 Å². The fourth-order valence-electron chi connectivity index (χ4n) is 2.19. The number of nitrogens with one attached hydrogen (secondary N) is 1. The molecular formula is C14H30N4. The van der Waals surface area contributed by atoms with Crippen LogP contribution in [0.15, 0.2) is 12.2 Å². The lowest BCUT2D eigenvalue weighted by Gasteiger charge is -2.35. The first-order valence-corrected chi connectivity index (χ1v) is 7.08. The Morgan fingerprint density at radius 3 is 2.33 bits per heavy atom. The van der Waals surface area contributed by atoms with Gasteiger partial charge < -0.3 is 10.2 Å². The highest BCUT2D eigenvalue weighted by Gasteiger charge is 2.16. The number of nitrogens with zero attached hydrogens (tertiary/aromatic N) is 3. The molecule has 0 aromatic carbocycles. The van der Waals surface area contributed by atoms with E-state index in [2.05, 4.69) is 47.6 Å². The summed E-state index contributed by atoms with van der Waals surface area (Å²) in [5, 5.41) is 3.34. The quantitative estimate of drug-likeness (QED) is 0.630. The van der Waals surface area contributed by atoms with E-state index in [1.807, 2.05) is 0 Å². The summed E-state index contributed by atoms with van der Waals surface area (Å²) >= 11 is 0. The zero-order chi connectivity index (χ0) is 13.4. The van der Waals surface area contributed by atoms with Crippen LogP contribution in [0.25, 0.3) is 0 Å². The normalized spacial score (nSPS) is 18.4. The second kappa shape index (κ2) is 8.64. The maximum absolute atomic E-state index is 4.14. The van der Waals surface area contributed by atoms with E-state index in [4.69, 9.17) is 0 Å². The molecular weight excluding hydrogens is 224 g/mol. The molecule has 0 bridgehead atoms. The van der Waals surface area contributed by atoms with Crippen molar-refractivity contribution in [2.45, 2.75) is 6.92 Å². The molecule has 0 atom stereocenters. The minimum atomic E-state index is 0.956. The third kappa shape index (κ3) is 6.50. The van der Waals surface area contributed by atoms with E-state index >= 15 is 0 Å². The summed E-state index contributed by atoms with van der Waals surface area (Å²) in [4.78, 5) is 7.33. The van der Waals surface area contributed by atoms with Gasteiger partial charge in [0.2, 0.25) is 0 Å². The molecule has 0 amide bonds. The van der Waals surface area contributed by atoms with E-state index in [1.54, 1.807) is 0 Å². The van der Waals surface area contributed by atoms with Gasteiger partial charge in [0, 0.05) is 52.4 Å². The Morgan fingerprint density at radius 2 is 1.78 bits per heavy atom. The first-order valence-electron chi connectivity index (χ1n) is 7.08. The Morgan fingerprint density at radius 1 is 1.17 bits per heavy atom. The first kappa shape index (κ1) is 15.6. The average molecular weight is 254 g/mol. The van der Waals surface area contributed by atoms with Gasteiger partial charge in [-0.15, -0.1) is 0 Å². The van der Waals surface area contributed by atoms with Crippen LogP contribution in [0.1, 0.15) is 6.92 Å². The van der Waals surface area contributed by atoms with Crippen molar-refractivity contribution in [1.29, 1.82) is 0 Å². The minimum absolute atomic E-state index is 0.956. The van der Waals surface area contributed by atoms with Crippen LogP contribution >= 0.6 is 0 Å². The van der Waals surface area contributed by atoms with Gasteiger partial charge in [-0.05, 0) is 26.2 Å². The molecule has 0 aromatic heterocycles. The summed E-state index contributed by atoms with van der Waals surface area (Å²) in [5.74, 6) is 0. The number of likely N-dealkylation sites (N-methyl/N-ethyl adjacent to an activating group) is 2. The van der Waals surface area contributed by atoms with Gasteiger partial charge in [0.05, 0.1) is 0 Å². The van der Waals surface area contributed by atoms with E-state index in [-0.39, 0.29) is 0 Å². The predicted octanol–water partition coefficient (Wildman–Crippen LogP) is 0.331. The highest BCUT2D eigenvalue weighted by atomic mass is 15.3. The molecule has 1 aliphatic rings. The lowest BCUT2D eigenvalue weighted by Crippen LogP contribution is -2.48. The molecule has 1 heterocycles. The Bertz CT molecular complexity index is 232. The number of hydrogen-bond acceptors (Lipinski definition) is 4. The highest BCUT2D eigenvalue weighted by Crippen LogP contribution is 2.04. The molecule has 1 fully saturated rings. The molecule has 1 rings (SSSR count). The monoisotopic (exact) mass is 254 g/mol. The Labute approximate surface area is 113 Å². The Hall–Kier alpha value is -0.420. The zero-order valence-corrected chi connectivity index (χ0v) is 12.4. The van der Waals surface area contributed by atoms with E-state index in [1.165, 1.54) is 38.3 Å². The van der Waals surface area contributed by atoms with E-state index in [9.17, 15) is 0 Å². The molecule has 4 heteroatoms. The van der Waals surface area contributed by atoms with Crippen LogP contribution in [0, 0.1) is 0 Å². The Kier molecular flexibility index (Phi) is 7.51. The summed E-state index contributed by atoms with van der Waals surface area (Å²) in [6.45, 7) is 16.4. The average Bonchev–Trinajstić information content (AvgIpc) is 2.35. The lowest BCUT2D eigenvalue weighted by molar-refractivity contribution is 0.132. The molecule has 0 spiro atoms. The topological polar surface area (TPSA) is 21.8 Å². The second-order valence-corrected chi connectivity index (χ2v) is 5.45. The smallest absolute Gasteiger partial charge is 0.0203 e. The second-order valence-electron chi connectivity index (χ2n) is 5.45. The van der Waals surface area contributed by atoms with E-state index < -0.39 is 0 Å². The standard InChI is InChI=1S/C14H30N4/c1-5-15-12-14(2)13-18-10-8-17(9-11-18)7-6-16(3)4/h15H,2,5-13H2,1,3-4H3. The fourth-order valence-corrected chi connectivity index (χ4v) is 2.19. The van der Waals surface area contributed by atoms with Crippen molar-refractivity contribution in [1.82, 2.24) is 20.0 Å². The molecule has 1 aliphatic heterocycles. The summed E-state index contributed by atoms with van der Waals surface area (Å²) < 4.78 is 0. The summed E-state index contributed by atoms with van der Waals surface area (Å²) in [6.07, 6.45) is 0. The van der Waals surface area contributed by atoms with Crippen molar-refractivity contribution in [3.63, 3.8) is 0 Å². The van der Waals surface area contributed by atoms with Crippen LogP contribution in [0.3, 0.4) is 0 Å². The van der Waals surface area contributed by atoms with Gasteiger partial charge in [-0.3, -0.25) is 9.80 Å². The Balaban J connectivity index is 2.13. The largest absolute Gasteiger partial charge is 0.313 e. The third-order valence-electron chi connectivity index (χ3n) is 3.40. The van der Waals surface area contributed by atoms with Crippen LogP contribution in [-0.2, 0) is 0 Å². The van der Waals surface area contributed by atoms with Crippen molar-refractivity contribution in [2.75, 3.05) is 73.0 Å². The van der Waals surface area contributed by atoms with Gasteiger partial charge in [-0.2, -0.15) is 0 Å². The van der Waals surface area contributed by atoms with Crippen LogP contribution in [0.5, 0.6) is 0 Å². The van der Waals surface area contributed by atoms with E-state index in [0.29, 0.717) is 0 Å². The van der Waals surface area contributed by atoms with Crippen molar-refractivity contribution >= 4 is 0 Å². The lowest BCUT2D eigenvalue weighted by atomic mass is 10.2. The molecule has 4 nitrogen and oxygen atoms in total. The molecule has 0 saturated carbocycles. The molecule has 18 heavy (non-hydrogen) atoms. The zero-order valence-electron chi connectivity index (χ0n) is 12.4. The van der Waals surface area contributed by atoms with Crippen molar-refractivity contribution in [3.05, 3.63) is 12.2 Å². The van der Waals surface area contributed by atoms with Gasteiger partial charge in [0.15, 0.2) is 0 Å². The minimum Gasteiger partial charge on any atom is -0.313 e. The summed E-state index contributed by atoms with van der Waals surface area (Å²) in [5.41, 5.74) is 1.30. The number of piperazine rings is 1. The number of rotatable bonds is 8. The third-order valence-corrected chi connectivity index (χ3v) is 3.40.